The summed E-state index contributed by atoms with van der Waals surface area (Å²) in [5.41, 5.74) is 0. The first-order valence-electron chi connectivity index (χ1n) is 2.35. The molecule has 0 aliphatic heterocycles. The van der Waals surface area contributed by atoms with Crippen molar-refractivity contribution in [1.82, 2.24) is 5.32 Å². The van der Waals surface area contributed by atoms with Crippen LogP contribution in [0.25, 0.3) is 0 Å². The molecule has 0 saturated carbocycles. The van der Waals surface area contributed by atoms with Crippen molar-refractivity contribution in [3.05, 3.63) is 12.5 Å². The fraction of sp³-hybridized carbons (Fsp3) is 0.600. The van der Waals surface area contributed by atoms with Crippen molar-refractivity contribution in [2.24, 2.45) is 0 Å². The molecule has 0 aromatic carbocycles. The van der Waals surface area contributed by atoms with E-state index in [0.717, 1.165) is 6.61 Å². The monoisotopic (exact) mass is 101 g/mol. The van der Waals surface area contributed by atoms with Gasteiger partial charge in [0, 0.05) is 13.2 Å². The molecule has 0 bridgehead atoms. The zero-order chi connectivity index (χ0) is 5.54. The summed E-state index contributed by atoms with van der Waals surface area (Å²) < 4.78 is 4.83. The van der Waals surface area contributed by atoms with Crippen LogP contribution in [0.15, 0.2) is 12.5 Å². The van der Waals surface area contributed by atoms with Gasteiger partial charge >= 0.3 is 0 Å². The van der Waals surface area contributed by atoms with Crippen LogP contribution < -0.4 is 5.32 Å². The SMILES string of the molecule is CCO/C=C/NC. The van der Waals surface area contributed by atoms with Gasteiger partial charge in [0.25, 0.3) is 0 Å². The number of hydrogen-bond acceptors (Lipinski definition) is 2. The molecule has 0 atom stereocenters. The lowest BCUT2D eigenvalue weighted by atomic mass is 10.8. The number of ether oxygens (including phenoxy) is 1. The first-order valence-corrected chi connectivity index (χ1v) is 2.35. The molecule has 2 heteroatoms. The Balaban J connectivity index is 2.78. The van der Waals surface area contributed by atoms with E-state index >= 15 is 0 Å². The average Bonchev–Trinajstić information content (AvgIpc) is 1.69. The molecule has 0 aromatic heterocycles. The standard InChI is InChI=1S/C5H11NO/c1-3-7-5-4-6-2/h4-6H,3H2,1-2H3/b5-4+. The quantitative estimate of drug-likeness (QED) is 0.529. The molecule has 0 aromatic rings. The third-order valence-electron chi connectivity index (χ3n) is 0.498. The van der Waals surface area contributed by atoms with E-state index in [1.807, 2.05) is 14.0 Å². The van der Waals surface area contributed by atoms with E-state index < -0.39 is 0 Å². The minimum Gasteiger partial charge on any atom is -0.500 e. The Morgan fingerprint density at radius 3 is 2.86 bits per heavy atom. The van der Waals surface area contributed by atoms with Gasteiger partial charge in [-0.25, -0.2) is 0 Å². The Kier molecular flexibility index (Phi) is 4.84. The minimum absolute atomic E-state index is 0.734. The van der Waals surface area contributed by atoms with Crippen molar-refractivity contribution in [3.63, 3.8) is 0 Å². The van der Waals surface area contributed by atoms with Crippen molar-refractivity contribution in [2.75, 3.05) is 13.7 Å². The number of rotatable bonds is 3. The van der Waals surface area contributed by atoms with Gasteiger partial charge in [-0.2, -0.15) is 0 Å². The lowest BCUT2D eigenvalue weighted by molar-refractivity contribution is 0.267. The molecule has 0 amide bonds. The highest BCUT2D eigenvalue weighted by Crippen LogP contribution is 1.70. The summed E-state index contributed by atoms with van der Waals surface area (Å²) in [4.78, 5) is 0. The van der Waals surface area contributed by atoms with Crippen LogP contribution >= 0.6 is 0 Å². The van der Waals surface area contributed by atoms with Crippen LogP contribution in [-0.2, 0) is 4.74 Å². The Hall–Kier alpha value is -0.660. The second-order valence-electron chi connectivity index (χ2n) is 1.05. The van der Waals surface area contributed by atoms with Crippen LogP contribution in [0.2, 0.25) is 0 Å². The molecule has 7 heavy (non-hydrogen) atoms. The first-order chi connectivity index (χ1) is 3.41. The summed E-state index contributed by atoms with van der Waals surface area (Å²) >= 11 is 0. The molecule has 0 saturated heterocycles. The normalized spacial score (nSPS) is 9.43. The molecular weight excluding hydrogens is 90.1 g/mol. The van der Waals surface area contributed by atoms with E-state index in [1.165, 1.54) is 0 Å². The van der Waals surface area contributed by atoms with E-state index in [4.69, 9.17) is 4.74 Å². The Morgan fingerprint density at radius 2 is 2.43 bits per heavy atom. The van der Waals surface area contributed by atoms with Gasteiger partial charge in [0.05, 0.1) is 12.9 Å². The molecule has 2 nitrogen and oxygen atoms in total. The van der Waals surface area contributed by atoms with Gasteiger partial charge in [0.2, 0.25) is 0 Å². The minimum atomic E-state index is 0.734. The molecule has 0 heterocycles. The number of nitrogens with one attached hydrogen (secondary N) is 1. The maximum Gasteiger partial charge on any atom is 0.0985 e. The second-order valence-corrected chi connectivity index (χ2v) is 1.05. The smallest absolute Gasteiger partial charge is 0.0985 e. The summed E-state index contributed by atoms with van der Waals surface area (Å²) in [7, 11) is 1.83. The lowest BCUT2D eigenvalue weighted by Crippen LogP contribution is -1.91. The van der Waals surface area contributed by atoms with Gasteiger partial charge in [-0.15, -0.1) is 0 Å². The third-order valence-corrected chi connectivity index (χ3v) is 0.498. The fourth-order valence-electron chi connectivity index (χ4n) is 0.212. The Labute approximate surface area is 44.2 Å². The van der Waals surface area contributed by atoms with E-state index in [0.29, 0.717) is 0 Å². The predicted octanol–water partition coefficient (Wildman–Crippen LogP) is 0.714. The summed E-state index contributed by atoms with van der Waals surface area (Å²) in [5.74, 6) is 0. The lowest BCUT2D eigenvalue weighted by Gasteiger charge is -1.89. The van der Waals surface area contributed by atoms with E-state index in [1.54, 1.807) is 12.5 Å². The first kappa shape index (κ1) is 6.34. The van der Waals surface area contributed by atoms with Crippen molar-refractivity contribution >= 4 is 0 Å². The molecule has 0 rings (SSSR count). The van der Waals surface area contributed by atoms with Gasteiger partial charge in [0.15, 0.2) is 0 Å². The Bertz CT molecular complexity index is 52.0. The topological polar surface area (TPSA) is 21.3 Å². The van der Waals surface area contributed by atoms with Crippen molar-refractivity contribution in [2.45, 2.75) is 6.92 Å². The number of hydrogen-bond donors (Lipinski definition) is 1. The zero-order valence-electron chi connectivity index (χ0n) is 4.77. The molecule has 0 aliphatic carbocycles. The maximum atomic E-state index is 4.83. The highest BCUT2D eigenvalue weighted by molar-refractivity contribution is 4.66. The van der Waals surface area contributed by atoms with Crippen molar-refractivity contribution in [3.8, 4) is 0 Å². The summed E-state index contributed by atoms with van der Waals surface area (Å²) in [6.07, 6.45) is 3.36. The Morgan fingerprint density at radius 1 is 1.71 bits per heavy atom. The van der Waals surface area contributed by atoms with E-state index in [2.05, 4.69) is 5.32 Å². The van der Waals surface area contributed by atoms with Crippen LogP contribution in [0.4, 0.5) is 0 Å². The van der Waals surface area contributed by atoms with Crippen LogP contribution in [-0.4, -0.2) is 13.7 Å². The van der Waals surface area contributed by atoms with Crippen LogP contribution in [0.1, 0.15) is 6.92 Å². The van der Waals surface area contributed by atoms with E-state index in [9.17, 15) is 0 Å². The molecule has 0 unspecified atom stereocenters. The largest absolute Gasteiger partial charge is 0.500 e. The van der Waals surface area contributed by atoms with Crippen LogP contribution in [0, 0.1) is 0 Å². The van der Waals surface area contributed by atoms with Crippen molar-refractivity contribution in [1.29, 1.82) is 0 Å². The predicted molar refractivity (Wildman–Crippen MR) is 29.8 cm³/mol. The van der Waals surface area contributed by atoms with Crippen LogP contribution in [0.3, 0.4) is 0 Å². The molecule has 0 spiro atoms. The molecule has 1 N–H and O–H groups in total. The van der Waals surface area contributed by atoms with Gasteiger partial charge in [-0.3, -0.25) is 0 Å². The van der Waals surface area contributed by atoms with Gasteiger partial charge in [-0.05, 0) is 6.92 Å². The van der Waals surface area contributed by atoms with E-state index in [-0.39, 0.29) is 0 Å². The highest BCUT2D eigenvalue weighted by atomic mass is 16.5. The summed E-state index contributed by atoms with van der Waals surface area (Å²) in [6.45, 7) is 2.68. The van der Waals surface area contributed by atoms with Gasteiger partial charge < -0.3 is 10.1 Å². The van der Waals surface area contributed by atoms with Gasteiger partial charge in [0.1, 0.15) is 0 Å². The molecular formula is C5H11NO. The highest BCUT2D eigenvalue weighted by Gasteiger charge is 1.63. The summed E-state index contributed by atoms with van der Waals surface area (Å²) in [6, 6.07) is 0. The molecule has 42 valence electrons. The molecule has 0 fully saturated rings. The second kappa shape index (κ2) is 5.34. The molecule has 0 aliphatic rings. The third kappa shape index (κ3) is 5.34. The average molecular weight is 101 g/mol. The van der Waals surface area contributed by atoms with Crippen molar-refractivity contribution < 1.29 is 4.74 Å². The maximum absolute atomic E-state index is 4.83. The fourth-order valence-corrected chi connectivity index (χ4v) is 0.212. The molecule has 0 radical (unpaired) electrons. The van der Waals surface area contributed by atoms with Crippen LogP contribution in [0.5, 0.6) is 0 Å². The summed E-state index contributed by atoms with van der Waals surface area (Å²) in [5, 5.41) is 2.80. The van der Waals surface area contributed by atoms with Gasteiger partial charge in [-0.1, -0.05) is 0 Å². The zero-order valence-corrected chi connectivity index (χ0v) is 4.77.